The van der Waals surface area contributed by atoms with Crippen molar-refractivity contribution < 1.29 is 9.59 Å². The lowest BCUT2D eigenvalue weighted by Crippen LogP contribution is -2.43. The van der Waals surface area contributed by atoms with E-state index in [-0.39, 0.29) is 17.7 Å². The molecule has 3 nitrogen and oxygen atoms in total. The van der Waals surface area contributed by atoms with Crippen LogP contribution in [0.25, 0.3) is 10.8 Å². The monoisotopic (exact) mass is 251 g/mol. The van der Waals surface area contributed by atoms with Crippen molar-refractivity contribution in [3.8, 4) is 0 Å². The van der Waals surface area contributed by atoms with Gasteiger partial charge >= 0.3 is 0 Å². The second-order valence-electron chi connectivity index (χ2n) is 5.26. The summed E-state index contributed by atoms with van der Waals surface area (Å²) in [5.41, 5.74) is 1.90. The van der Waals surface area contributed by atoms with Gasteiger partial charge in [-0.05, 0) is 22.4 Å². The number of ketones is 1. The number of hydrogen-bond donors (Lipinski definition) is 0. The number of benzene rings is 2. The summed E-state index contributed by atoms with van der Waals surface area (Å²) in [6.45, 7) is 0.549. The molecule has 94 valence electrons. The van der Waals surface area contributed by atoms with Gasteiger partial charge in [-0.15, -0.1) is 0 Å². The lowest BCUT2D eigenvalue weighted by molar-refractivity contribution is -0.122. The fourth-order valence-electron chi connectivity index (χ4n) is 3.33. The lowest BCUT2D eigenvalue weighted by atomic mass is 9.85. The number of rotatable bonds is 0. The second kappa shape index (κ2) is 3.67. The highest BCUT2D eigenvalue weighted by Gasteiger charge is 2.37. The third-order valence-electron chi connectivity index (χ3n) is 4.22. The Morgan fingerprint density at radius 2 is 1.84 bits per heavy atom. The zero-order valence-electron chi connectivity index (χ0n) is 10.4. The Labute approximate surface area is 110 Å². The molecule has 0 N–H and O–H groups in total. The number of carbonyl (C=O) groups is 2. The predicted octanol–water partition coefficient (Wildman–Crippen LogP) is 2.70. The smallest absolute Gasteiger partial charge is 0.255 e. The van der Waals surface area contributed by atoms with Gasteiger partial charge in [-0.3, -0.25) is 9.59 Å². The Morgan fingerprint density at radius 3 is 2.68 bits per heavy atom. The molecule has 2 heterocycles. The van der Waals surface area contributed by atoms with Crippen LogP contribution in [0.15, 0.2) is 36.4 Å². The van der Waals surface area contributed by atoms with E-state index in [0.717, 1.165) is 21.9 Å². The Kier molecular flexibility index (Phi) is 2.07. The summed E-state index contributed by atoms with van der Waals surface area (Å²) < 4.78 is 0. The molecule has 0 bridgehead atoms. The standard InChI is InChI=1S/C16H13NO2/c18-11-7-8-17-14(9-11)12-5-1-3-10-4-2-6-13(15(10)12)16(17)19/h1-6,14H,7-9H2. The molecule has 4 rings (SSSR count). The number of carbonyl (C=O) groups excluding carboxylic acids is 2. The van der Waals surface area contributed by atoms with Gasteiger partial charge in [0, 0.05) is 24.9 Å². The second-order valence-corrected chi connectivity index (χ2v) is 5.26. The van der Waals surface area contributed by atoms with E-state index in [9.17, 15) is 9.59 Å². The molecule has 1 atom stereocenters. The largest absolute Gasteiger partial charge is 0.331 e. The van der Waals surface area contributed by atoms with Crippen LogP contribution < -0.4 is 0 Å². The molecule has 2 aromatic carbocycles. The number of piperidine rings is 1. The summed E-state index contributed by atoms with van der Waals surface area (Å²) in [6, 6.07) is 11.9. The third kappa shape index (κ3) is 1.38. The van der Waals surface area contributed by atoms with Gasteiger partial charge in [0.2, 0.25) is 0 Å². The van der Waals surface area contributed by atoms with Gasteiger partial charge in [0.25, 0.3) is 5.91 Å². The van der Waals surface area contributed by atoms with Crippen molar-refractivity contribution in [2.24, 2.45) is 0 Å². The minimum absolute atomic E-state index is 0.0626. The van der Waals surface area contributed by atoms with E-state index in [4.69, 9.17) is 0 Å². The fourth-order valence-corrected chi connectivity index (χ4v) is 3.33. The summed E-state index contributed by atoms with van der Waals surface area (Å²) in [5, 5.41) is 2.12. The minimum atomic E-state index is -0.0626. The first-order chi connectivity index (χ1) is 9.25. The summed E-state index contributed by atoms with van der Waals surface area (Å²) in [5.74, 6) is 0.326. The van der Waals surface area contributed by atoms with Crippen molar-refractivity contribution >= 4 is 22.5 Å². The zero-order valence-corrected chi connectivity index (χ0v) is 10.4. The Bertz CT molecular complexity index is 715. The van der Waals surface area contributed by atoms with Crippen LogP contribution >= 0.6 is 0 Å². The molecular weight excluding hydrogens is 238 g/mol. The highest BCUT2D eigenvalue weighted by molar-refractivity contribution is 6.11. The molecule has 0 aliphatic carbocycles. The first kappa shape index (κ1) is 10.7. The van der Waals surface area contributed by atoms with Crippen molar-refractivity contribution in [3.05, 3.63) is 47.5 Å². The molecule has 2 aliphatic rings. The van der Waals surface area contributed by atoms with Crippen molar-refractivity contribution in [1.82, 2.24) is 4.90 Å². The molecule has 19 heavy (non-hydrogen) atoms. The fraction of sp³-hybridized carbons (Fsp3) is 0.250. The minimum Gasteiger partial charge on any atom is -0.331 e. The van der Waals surface area contributed by atoms with Gasteiger partial charge in [0.15, 0.2) is 0 Å². The molecule has 2 aliphatic heterocycles. The van der Waals surface area contributed by atoms with Crippen LogP contribution in [0.1, 0.15) is 34.8 Å². The Hall–Kier alpha value is -2.16. The average molecular weight is 251 g/mol. The first-order valence-corrected chi connectivity index (χ1v) is 6.60. The summed E-state index contributed by atoms with van der Waals surface area (Å²) in [7, 11) is 0. The number of hydrogen-bond acceptors (Lipinski definition) is 2. The maximum absolute atomic E-state index is 12.6. The van der Waals surface area contributed by atoms with Gasteiger partial charge in [0.1, 0.15) is 5.78 Å². The first-order valence-electron chi connectivity index (χ1n) is 6.60. The van der Waals surface area contributed by atoms with Gasteiger partial charge < -0.3 is 4.90 Å². The average Bonchev–Trinajstić information content (AvgIpc) is 2.44. The van der Waals surface area contributed by atoms with Crippen molar-refractivity contribution in [1.29, 1.82) is 0 Å². The van der Waals surface area contributed by atoms with Crippen molar-refractivity contribution in [3.63, 3.8) is 0 Å². The van der Waals surface area contributed by atoms with E-state index in [1.165, 1.54) is 0 Å². The summed E-state index contributed by atoms with van der Waals surface area (Å²) in [6.07, 6.45) is 0.944. The van der Waals surface area contributed by atoms with Crippen molar-refractivity contribution in [2.75, 3.05) is 6.54 Å². The van der Waals surface area contributed by atoms with Crippen LogP contribution in [0, 0.1) is 0 Å². The molecule has 1 unspecified atom stereocenters. The highest BCUT2D eigenvalue weighted by atomic mass is 16.2. The molecule has 2 aromatic rings. The zero-order chi connectivity index (χ0) is 13.0. The van der Waals surface area contributed by atoms with Gasteiger partial charge in [0.05, 0.1) is 6.04 Å². The van der Waals surface area contributed by atoms with Crippen LogP contribution in [0.3, 0.4) is 0 Å². The van der Waals surface area contributed by atoms with E-state index < -0.39 is 0 Å². The SMILES string of the molecule is O=C1CCN2C(=O)c3cccc4cccc(c34)C2C1. The van der Waals surface area contributed by atoms with Crippen LogP contribution in [0.5, 0.6) is 0 Å². The van der Waals surface area contributed by atoms with Crippen molar-refractivity contribution in [2.45, 2.75) is 18.9 Å². The number of nitrogens with zero attached hydrogens (tertiary/aromatic N) is 1. The van der Waals surface area contributed by atoms with Gasteiger partial charge in [-0.25, -0.2) is 0 Å². The van der Waals surface area contributed by atoms with Gasteiger partial charge in [-0.2, -0.15) is 0 Å². The number of amides is 1. The maximum Gasteiger partial charge on any atom is 0.255 e. The van der Waals surface area contributed by atoms with E-state index in [1.54, 1.807) is 0 Å². The topological polar surface area (TPSA) is 37.4 Å². The number of Topliss-reactive ketones (excluding diaryl/α,β-unsaturated/α-hetero) is 1. The maximum atomic E-state index is 12.6. The van der Waals surface area contributed by atoms with Crippen LogP contribution in [0.2, 0.25) is 0 Å². The van der Waals surface area contributed by atoms with Crippen LogP contribution in [-0.2, 0) is 4.79 Å². The third-order valence-corrected chi connectivity index (χ3v) is 4.22. The predicted molar refractivity (Wildman–Crippen MR) is 72.0 cm³/mol. The van der Waals surface area contributed by atoms with E-state index >= 15 is 0 Å². The molecule has 0 aromatic heterocycles. The van der Waals surface area contributed by atoms with Gasteiger partial charge in [-0.1, -0.05) is 30.3 Å². The Morgan fingerprint density at radius 1 is 1.05 bits per heavy atom. The Balaban J connectivity index is 2.04. The molecule has 1 saturated heterocycles. The lowest BCUT2D eigenvalue weighted by Gasteiger charge is -2.39. The molecule has 1 fully saturated rings. The highest BCUT2D eigenvalue weighted by Crippen LogP contribution is 2.40. The molecule has 3 heteroatoms. The molecule has 0 radical (unpaired) electrons. The normalized spacial score (nSPS) is 21.7. The quantitative estimate of drug-likeness (QED) is 0.722. The van der Waals surface area contributed by atoms with E-state index in [2.05, 4.69) is 6.07 Å². The molecular formula is C16H13NO2. The summed E-state index contributed by atoms with van der Waals surface area (Å²) >= 11 is 0. The van der Waals surface area contributed by atoms with Crippen LogP contribution in [-0.4, -0.2) is 23.1 Å². The van der Waals surface area contributed by atoms with E-state index in [1.807, 2.05) is 35.2 Å². The summed E-state index contributed by atoms with van der Waals surface area (Å²) in [4.78, 5) is 26.1. The molecule has 0 saturated carbocycles. The molecule has 0 spiro atoms. The molecule has 1 amide bonds. The van der Waals surface area contributed by atoms with E-state index in [0.29, 0.717) is 19.4 Å². The number of fused-ring (bicyclic) bond motifs is 2. The van der Waals surface area contributed by atoms with Crippen LogP contribution in [0.4, 0.5) is 0 Å².